The summed E-state index contributed by atoms with van der Waals surface area (Å²) < 4.78 is 2.70. The van der Waals surface area contributed by atoms with Gasteiger partial charge in [0.25, 0.3) is 5.13 Å². The largest absolute Gasteiger partial charge is 0.384 e. The van der Waals surface area contributed by atoms with Crippen molar-refractivity contribution in [2.24, 2.45) is 10.2 Å². The van der Waals surface area contributed by atoms with Crippen molar-refractivity contribution in [2.75, 3.05) is 23.4 Å². The molecule has 3 rings (SSSR count). The van der Waals surface area contributed by atoms with Crippen LogP contribution in [0.15, 0.2) is 45.0 Å². The Hall–Kier alpha value is -1.91. The number of hydrogen-bond donors (Lipinski definition) is 2. The summed E-state index contributed by atoms with van der Waals surface area (Å²) in [4.78, 5) is 0. The van der Waals surface area contributed by atoms with Crippen molar-refractivity contribution in [3.8, 4) is 5.69 Å². The molecule has 0 saturated heterocycles. The van der Waals surface area contributed by atoms with E-state index >= 15 is 0 Å². The Labute approximate surface area is 165 Å². The average molecular weight is 406 g/mol. The highest BCUT2D eigenvalue weighted by atomic mass is 32.2. The highest BCUT2D eigenvalue weighted by molar-refractivity contribution is 8.01. The summed E-state index contributed by atoms with van der Waals surface area (Å²) in [6.45, 7) is 4.80. The predicted molar refractivity (Wildman–Crippen MR) is 111 cm³/mol. The van der Waals surface area contributed by atoms with Gasteiger partial charge in [-0.2, -0.15) is 17.7 Å². The Morgan fingerprint density at radius 1 is 1.31 bits per heavy atom. The SMILES string of the molecule is CCSc1nnc(N=Nc2cn(-c3cccc(NCCS)c3)nc2C)s1. The molecular formula is C16H19N7S3. The third-order valence-corrected chi connectivity index (χ3v) is 5.38. The van der Waals surface area contributed by atoms with Gasteiger partial charge in [-0.25, -0.2) is 4.68 Å². The topological polar surface area (TPSA) is 80.3 Å². The molecule has 2 aromatic heterocycles. The molecule has 3 aromatic rings. The molecule has 0 aliphatic heterocycles. The van der Waals surface area contributed by atoms with Crippen LogP contribution in [0.5, 0.6) is 0 Å². The first kappa shape index (κ1) is 18.9. The molecule has 0 unspecified atom stereocenters. The van der Waals surface area contributed by atoms with Crippen molar-refractivity contribution in [3.05, 3.63) is 36.2 Å². The first-order valence-corrected chi connectivity index (χ1v) is 10.5. The second kappa shape index (κ2) is 9.15. The highest BCUT2D eigenvalue weighted by Gasteiger charge is 2.08. The summed E-state index contributed by atoms with van der Waals surface area (Å²) >= 11 is 7.30. The molecule has 0 spiro atoms. The summed E-state index contributed by atoms with van der Waals surface area (Å²) in [6.07, 6.45) is 1.86. The number of thiol groups is 1. The van der Waals surface area contributed by atoms with Gasteiger partial charge in [-0.1, -0.05) is 36.1 Å². The number of rotatable bonds is 8. The van der Waals surface area contributed by atoms with E-state index in [1.165, 1.54) is 11.3 Å². The van der Waals surface area contributed by atoms with E-state index < -0.39 is 0 Å². The molecule has 0 atom stereocenters. The lowest BCUT2D eigenvalue weighted by Gasteiger charge is -2.07. The van der Waals surface area contributed by atoms with Crippen molar-refractivity contribution in [2.45, 2.75) is 18.2 Å². The second-order valence-electron chi connectivity index (χ2n) is 5.23. The van der Waals surface area contributed by atoms with Gasteiger partial charge in [-0.3, -0.25) is 0 Å². The number of anilines is 1. The zero-order chi connectivity index (χ0) is 18.4. The van der Waals surface area contributed by atoms with Crippen LogP contribution >= 0.6 is 35.7 Å². The quantitative estimate of drug-likeness (QED) is 0.316. The van der Waals surface area contributed by atoms with Gasteiger partial charge < -0.3 is 5.32 Å². The monoisotopic (exact) mass is 405 g/mol. The van der Waals surface area contributed by atoms with Crippen LogP contribution in [0, 0.1) is 6.92 Å². The Morgan fingerprint density at radius 3 is 3.00 bits per heavy atom. The van der Waals surface area contributed by atoms with Crippen molar-refractivity contribution in [1.29, 1.82) is 0 Å². The van der Waals surface area contributed by atoms with Gasteiger partial charge in [0.15, 0.2) is 4.34 Å². The molecule has 0 fully saturated rings. The van der Waals surface area contributed by atoms with Crippen LogP contribution in [0.25, 0.3) is 5.69 Å². The Bertz CT molecular complexity index is 888. The molecule has 1 aromatic carbocycles. The highest BCUT2D eigenvalue weighted by Crippen LogP contribution is 2.29. The van der Waals surface area contributed by atoms with Gasteiger partial charge in [-0.15, -0.1) is 20.4 Å². The number of nitrogens with zero attached hydrogens (tertiary/aromatic N) is 6. The van der Waals surface area contributed by atoms with E-state index in [0.717, 1.165) is 39.5 Å². The summed E-state index contributed by atoms with van der Waals surface area (Å²) in [5.74, 6) is 1.74. The number of azo groups is 1. The Balaban J connectivity index is 1.77. The maximum atomic E-state index is 4.53. The molecule has 2 heterocycles. The van der Waals surface area contributed by atoms with E-state index in [1.807, 2.05) is 37.4 Å². The van der Waals surface area contributed by atoms with Crippen molar-refractivity contribution in [3.63, 3.8) is 0 Å². The summed E-state index contributed by atoms with van der Waals surface area (Å²) in [5.41, 5.74) is 3.49. The molecule has 0 radical (unpaired) electrons. The summed E-state index contributed by atoms with van der Waals surface area (Å²) in [6, 6.07) is 8.04. The number of thioether (sulfide) groups is 1. The Kier molecular flexibility index (Phi) is 6.64. The number of aryl methyl sites for hydroxylation is 1. The molecule has 0 aliphatic rings. The van der Waals surface area contributed by atoms with Crippen LogP contribution in [0.2, 0.25) is 0 Å². The van der Waals surface area contributed by atoms with Crippen molar-refractivity contribution >= 4 is 52.2 Å². The molecule has 0 bridgehead atoms. The number of hydrogen-bond acceptors (Lipinski definition) is 9. The van der Waals surface area contributed by atoms with Crippen LogP contribution in [-0.4, -0.2) is 38.0 Å². The third kappa shape index (κ3) is 4.83. The maximum Gasteiger partial charge on any atom is 0.252 e. The first-order valence-electron chi connectivity index (χ1n) is 8.09. The van der Waals surface area contributed by atoms with E-state index in [0.29, 0.717) is 10.8 Å². The van der Waals surface area contributed by atoms with Gasteiger partial charge in [0.05, 0.1) is 17.6 Å². The van der Waals surface area contributed by atoms with Crippen LogP contribution in [-0.2, 0) is 0 Å². The molecule has 0 saturated carbocycles. The Morgan fingerprint density at radius 2 is 2.19 bits per heavy atom. The molecule has 7 nitrogen and oxygen atoms in total. The van der Waals surface area contributed by atoms with Gasteiger partial charge >= 0.3 is 0 Å². The van der Waals surface area contributed by atoms with Crippen LogP contribution in [0.1, 0.15) is 12.6 Å². The van der Waals surface area contributed by atoms with Gasteiger partial charge in [0, 0.05) is 18.0 Å². The summed E-state index contributed by atoms with van der Waals surface area (Å²) in [7, 11) is 0. The van der Waals surface area contributed by atoms with E-state index in [-0.39, 0.29) is 0 Å². The molecule has 0 amide bonds. The lowest BCUT2D eigenvalue weighted by atomic mass is 10.3. The molecule has 136 valence electrons. The lowest BCUT2D eigenvalue weighted by molar-refractivity contribution is 0.863. The fourth-order valence-corrected chi connectivity index (χ4v) is 3.83. The average Bonchev–Trinajstić information content (AvgIpc) is 3.25. The van der Waals surface area contributed by atoms with Gasteiger partial charge in [0.2, 0.25) is 0 Å². The summed E-state index contributed by atoms with van der Waals surface area (Å²) in [5, 5.41) is 25.0. The minimum atomic E-state index is 0.547. The van der Waals surface area contributed by atoms with Gasteiger partial charge in [-0.05, 0) is 30.9 Å². The van der Waals surface area contributed by atoms with Gasteiger partial charge in [0.1, 0.15) is 5.69 Å². The van der Waals surface area contributed by atoms with Crippen LogP contribution in [0.4, 0.5) is 16.5 Å². The zero-order valence-electron chi connectivity index (χ0n) is 14.5. The fourth-order valence-electron chi connectivity index (χ4n) is 2.16. The smallest absolute Gasteiger partial charge is 0.252 e. The predicted octanol–water partition coefficient (Wildman–Crippen LogP) is 4.90. The lowest BCUT2D eigenvalue weighted by Crippen LogP contribution is -2.03. The van der Waals surface area contributed by atoms with E-state index in [9.17, 15) is 0 Å². The van der Waals surface area contributed by atoms with E-state index in [2.05, 4.69) is 50.4 Å². The first-order chi connectivity index (χ1) is 12.7. The normalized spacial score (nSPS) is 11.3. The standard InChI is InChI=1S/C16H19N7S3/c1-3-25-16-21-20-15(26-16)19-18-14-10-23(22-11(14)2)13-6-4-5-12(9-13)17-7-8-24/h4-6,9-10,17,24H,3,7-8H2,1-2H3. The van der Waals surface area contributed by atoms with Crippen molar-refractivity contribution in [1.82, 2.24) is 20.0 Å². The molecule has 0 aliphatic carbocycles. The number of benzene rings is 1. The molecular weight excluding hydrogens is 386 g/mol. The molecule has 1 N–H and O–H groups in total. The fraction of sp³-hybridized carbons (Fsp3) is 0.312. The number of nitrogens with one attached hydrogen (secondary N) is 1. The second-order valence-corrected chi connectivity index (χ2v) is 8.14. The third-order valence-electron chi connectivity index (χ3n) is 3.33. The molecule has 10 heteroatoms. The minimum absolute atomic E-state index is 0.547. The van der Waals surface area contributed by atoms with E-state index in [1.54, 1.807) is 16.4 Å². The molecule has 26 heavy (non-hydrogen) atoms. The zero-order valence-corrected chi connectivity index (χ0v) is 17.0. The van der Waals surface area contributed by atoms with Crippen molar-refractivity contribution < 1.29 is 0 Å². The van der Waals surface area contributed by atoms with Crippen LogP contribution < -0.4 is 5.32 Å². The number of aromatic nitrogens is 4. The maximum absolute atomic E-state index is 4.53. The van der Waals surface area contributed by atoms with Crippen LogP contribution in [0.3, 0.4) is 0 Å². The van der Waals surface area contributed by atoms with E-state index in [4.69, 9.17) is 0 Å². The minimum Gasteiger partial charge on any atom is -0.384 e.